The first-order chi connectivity index (χ1) is 14.4. The van der Waals surface area contributed by atoms with E-state index in [0.717, 1.165) is 22.8 Å². The highest BCUT2D eigenvalue weighted by atomic mass is 32.2. The van der Waals surface area contributed by atoms with E-state index in [1.54, 1.807) is 24.3 Å². The number of hydrogen-bond acceptors (Lipinski definition) is 5. The number of amides is 1. The van der Waals surface area contributed by atoms with Crippen LogP contribution in [0.5, 0.6) is 5.75 Å². The Morgan fingerprint density at radius 3 is 2.50 bits per heavy atom. The Morgan fingerprint density at radius 2 is 1.87 bits per heavy atom. The molecule has 1 atom stereocenters. The molecule has 0 aliphatic carbocycles. The summed E-state index contributed by atoms with van der Waals surface area (Å²) in [5.74, 6) is 2.25. The molecule has 0 bridgehead atoms. The summed E-state index contributed by atoms with van der Waals surface area (Å²) in [5, 5.41) is 2.80. The van der Waals surface area contributed by atoms with Crippen LogP contribution in [0.4, 0.5) is 5.69 Å². The van der Waals surface area contributed by atoms with Gasteiger partial charge < -0.3 is 10.1 Å². The summed E-state index contributed by atoms with van der Waals surface area (Å²) in [4.78, 5) is 13.1. The molecular formula is C22H26N2O4S2. The number of rotatable bonds is 6. The number of anilines is 1. The van der Waals surface area contributed by atoms with Gasteiger partial charge in [0.15, 0.2) is 4.75 Å². The Labute approximate surface area is 182 Å². The van der Waals surface area contributed by atoms with E-state index in [-0.39, 0.29) is 12.6 Å². The summed E-state index contributed by atoms with van der Waals surface area (Å²) in [6.07, 6.45) is 1.19. The average molecular weight is 447 g/mol. The molecule has 0 saturated carbocycles. The summed E-state index contributed by atoms with van der Waals surface area (Å²) in [7, 11) is -3.81. The number of sulfonamides is 1. The summed E-state index contributed by atoms with van der Waals surface area (Å²) in [6, 6.07) is 16.6. The zero-order valence-corrected chi connectivity index (χ0v) is 18.5. The number of ether oxygens (including phenoxy) is 1. The van der Waals surface area contributed by atoms with Crippen molar-refractivity contribution < 1.29 is 17.9 Å². The van der Waals surface area contributed by atoms with Crippen molar-refractivity contribution >= 4 is 33.4 Å². The SMILES string of the molecule is C[C@]1(C(=O)Nc2ccc(OC3CSC3)cc2)CCCN(Cc2ccccc2)S1(=O)=O. The maximum atomic E-state index is 13.3. The predicted molar refractivity (Wildman–Crippen MR) is 120 cm³/mol. The lowest BCUT2D eigenvalue weighted by molar-refractivity contribution is -0.118. The van der Waals surface area contributed by atoms with Gasteiger partial charge in [0, 0.05) is 30.3 Å². The van der Waals surface area contributed by atoms with E-state index in [1.165, 1.54) is 11.2 Å². The molecule has 6 nitrogen and oxygen atoms in total. The Morgan fingerprint density at radius 1 is 1.17 bits per heavy atom. The number of nitrogens with zero attached hydrogens (tertiary/aromatic N) is 1. The number of thioether (sulfide) groups is 1. The molecule has 0 spiro atoms. The number of carbonyl (C=O) groups excluding carboxylic acids is 1. The molecule has 2 aromatic carbocycles. The highest BCUT2D eigenvalue weighted by Crippen LogP contribution is 2.34. The smallest absolute Gasteiger partial charge is 0.246 e. The van der Waals surface area contributed by atoms with Gasteiger partial charge in [0.05, 0.1) is 0 Å². The second-order valence-electron chi connectivity index (χ2n) is 7.91. The lowest BCUT2D eigenvalue weighted by atomic mass is 10.0. The van der Waals surface area contributed by atoms with E-state index in [0.29, 0.717) is 25.1 Å². The maximum Gasteiger partial charge on any atom is 0.246 e. The minimum absolute atomic E-state index is 0.248. The lowest BCUT2D eigenvalue weighted by Gasteiger charge is -2.38. The van der Waals surface area contributed by atoms with Gasteiger partial charge in [-0.15, -0.1) is 0 Å². The van der Waals surface area contributed by atoms with E-state index in [2.05, 4.69) is 5.32 Å². The molecule has 4 rings (SSSR count). The molecule has 2 heterocycles. The summed E-state index contributed by atoms with van der Waals surface area (Å²) in [6.45, 7) is 2.23. The highest BCUT2D eigenvalue weighted by molar-refractivity contribution is 8.00. The van der Waals surface area contributed by atoms with E-state index in [4.69, 9.17) is 4.74 Å². The average Bonchev–Trinajstić information content (AvgIpc) is 2.70. The molecule has 160 valence electrons. The van der Waals surface area contributed by atoms with Crippen LogP contribution in [0.1, 0.15) is 25.3 Å². The molecule has 0 aromatic heterocycles. The Balaban J connectivity index is 1.46. The summed E-state index contributed by atoms with van der Waals surface area (Å²) < 4.78 is 32.4. The first-order valence-corrected chi connectivity index (χ1v) is 12.7. The first-order valence-electron chi connectivity index (χ1n) is 10.1. The third-order valence-corrected chi connectivity index (χ3v) is 9.41. The van der Waals surface area contributed by atoms with Gasteiger partial charge in [-0.25, -0.2) is 8.42 Å². The largest absolute Gasteiger partial charge is 0.489 e. The van der Waals surface area contributed by atoms with Gasteiger partial charge in [-0.05, 0) is 49.6 Å². The van der Waals surface area contributed by atoms with Crippen molar-refractivity contribution in [2.24, 2.45) is 0 Å². The molecule has 2 saturated heterocycles. The fourth-order valence-electron chi connectivity index (χ4n) is 3.66. The summed E-state index contributed by atoms with van der Waals surface area (Å²) in [5.41, 5.74) is 1.47. The van der Waals surface area contributed by atoms with Crippen molar-refractivity contribution in [2.75, 3.05) is 23.4 Å². The fourth-order valence-corrected chi connectivity index (χ4v) is 6.17. The second kappa shape index (κ2) is 8.61. The fraction of sp³-hybridized carbons (Fsp3) is 0.409. The van der Waals surface area contributed by atoms with Crippen molar-refractivity contribution in [3.8, 4) is 5.75 Å². The number of benzene rings is 2. The van der Waals surface area contributed by atoms with Crippen molar-refractivity contribution in [1.29, 1.82) is 0 Å². The quantitative estimate of drug-likeness (QED) is 0.735. The van der Waals surface area contributed by atoms with Crippen LogP contribution in [0.15, 0.2) is 54.6 Å². The minimum Gasteiger partial charge on any atom is -0.489 e. The Hall–Kier alpha value is -2.03. The van der Waals surface area contributed by atoms with Crippen LogP contribution in [-0.2, 0) is 21.4 Å². The number of carbonyl (C=O) groups is 1. The van der Waals surface area contributed by atoms with Crippen molar-refractivity contribution in [3.05, 3.63) is 60.2 Å². The molecule has 8 heteroatoms. The van der Waals surface area contributed by atoms with E-state index < -0.39 is 20.7 Å². The van der Waals surface area contributed by atoms with Crippen LogP contribution >= 0.6 is 11.8 Å². The van der Waals surface area contributed by atoms with Crippen LogP contribution < -0.4 is 10.1 Å². The molecular weight excluding hydrogens is 420 g/mol. The van der Waals surface area contributed by atoms with E-state index in [9.17, 15) is 13.2 Å². The van der Waals surface area contributed by atoms with Crippen LogP contribution in [0.25, 0.3) is 0 Å². The predicted octanol–water partition coefficient (Wildman–Crippen LogP) is 3.50. The maximum absolute atomic E-state index is 13.3. The number of nitrogens with one attached hydrogen (secondary N) is 1. The molecule has 1 N–H and O–H groups in total. The van der Waals surface area contributed by atoms with Gasteiger partial charge in [-0.1, -0.05) is 30.3 Å². The lowest BCUT2D eigenvalue weighted by Crippen LogP contribution is -2.56. The van der Waals surface area contributed by atoms with Gasteiger partial charge in [0.25, 0.3) is 0 Å². The van der Waals surface area contributed by atoms with Gasteiger partial charge in [-0.3, -0.25) is 4.79 Å². The second-order valence-corrected chi connectivity index (χ2v) is 11.4. The zero-order chi connectivity index (χ0) is 21.2. The molecule has 30 heavy (non-hydrogen) atoms. The third kappa shape index (κ3) is 4.22. The van der Waals surface area contributed by atoms with Crippen molar-refractivity contribution in [1.82, 2.24) is 4.31 Å². The summed E-state index contributed by atoms with van der Waals surface area (Å²) >= 11 is 1.85. The first kappa shape index (κ1) is 21.2. The monoisotopic (exact) mass is 446 g/mol. The topological polar surface area (TPSA) is 75.7 Å². The molecule has 2 fully saturated rings. The van der Waals surface area contributed by atoms with Gasteiger partial charge in [0.1, 0.15) is 11.9 Å². The molecule has 0 unspecified atom stereocenters. The van der Waals surface area contributed by atoms with Crippen LogP contribution in [0.2, 0.25) is 0 Å². The molecule has 2 aliphatic rings. The van der Waals surface area contributed by atoms with Crippen LogP contribution in [0.3, 0.4) is 0 Å². The molecule has 2 aliphatic heterocycles. The van der Waals surface area contributed by atoms with Crippen molar-refractivity contribution in [3.63, 3.8) is 0 Å². The Bertz CT molecular complexity index is 992. The Kier molecular flexibility index (Phi) is 6.09. The number of hydrogen-bond donors (Lipinski definition) is 1. The van der Waals surface area contributed by atoms with E-state index >= 15 is 0 Å². The van der Waals surface area contributed by atoms with Gasteiger partial charge in [0.2, 0.25) is 15.9 Å². The van der Waals surface area contributed by atoms with Gasteiger partial charge in [-0.2, -0.15) is 16.1 Å². The van der Waals surface area contributed by atoms with E-state index in [1.807, 2.05) is 42.1 Å². The highest BCUT2D eigenvalue weighted by Gasteiger charge is 2.51. The van der Waals surface area contributed by atoms with Crippen LogP contribution in [0, 0.1) is 0 Å². The molecule has 2 aromatic rings. The zero-order valence-electron chi connectivity index (χ0n) is 16.9. The third-order valence-electron chi connectivity index (χ3n) is 5.68. The minimum atomic E-state index is -3.81. The molecule has 0 radical (unpaired) electrons. The van der Waals surface area contributed by atoms with Gasteiger partial charge >= 0.3 is 0 Å². The molecule has 1 amide bonds. The standard InChI is InChI=1S/C22H26N2O4S2/c1-22(12-5-13-24(30(22,26)27)14-17-6-3-2-4-7-17)21(25)23-18-8-10-19(11-9-18)28-20-15-29-16-20/h2-4,6-11,20H,5,12-16H2,1H3,(H,23,25)/t22-/m1/s1. The van der Waals surface area contributed by atoms with Crippen LogP contribution in [-0.4, -0.2) is 47.5 Å². The van der Waals surface area contributed by atoms with Crippen molar-refractivity contribution in [2.45, 2.75) is 37.2 Å². The normalized spacial score (nSPS) is 24.0.